The van der Waals surface area contributed by atoms with Gasteiger partial charge in [-0.1, -0.05) is 6.07 Å². The summed E-state index contributed by atoms with van der Waals surface area (Å²) in [5.74, 6) is -1.48. The van der Waals surface area contributed by atoms with Crippen LogP contribution in [0.1, 0.15) is 47.2 Å². The minimum absolute atomic E-state index is 0.223. The van der Waals surface area contributed by atoms with Crippen LogP contribution in [-0.2, 0) is 9.53 Å². The van der Waals surface area contributed by atoms with Crippen molar-refractivity contribution >= 4 is 17.6 Å². The smallest absolute Gasteiger partial charge is 0.340 e. The van der Waals surface area contributed by atoms with Crippen molar-refractivity contribution in [1.29, 1.82) is 0 Å². The molecule has 0 radical (unpaired) electrons. The first kappa shape index (κ1) is 18.7. The number of carbonyl (C=O) groups excluding carboxylic acids is 2. The molecule has 134 valence electrons. The van der Waals surface area contributed by atoms with Gasteiger partial charge in [-0.25, -0.2) is 9.18 Å². The van der Waals surface area contributed by atoms with Gasteiger partial charge in [-0.3, -0.25) is 4.79 Å². The van der Waals surface area contributed by atoms with Crippen LogP contribution in [0.3, 0.4) is 0 Å². The van der Waals surface area contributed by atoms with E-state index in [0.29, 0.717) is 16.8 Å². The molecule has 2 rings (SSSR count). The highest BCUT2D eigenvalue weighted by atomic mass is 19.1. The maximum Gasteiger partial charge on any atom is 0.340 e. The van der Waals surface area contributed by atoms with Crippen molar-refractivity contribution in [2.75, 3.05) is 11.9 Å². The molecule has 0 spiro atoms. The second-order valence-corrected chi connectivity index (χ2v) is 6.34. The summed E-state index contributed by atoms with van der Waals surface area (Å²) < 4.78 is 20.6. The first-order chi connectivity index (χ1) is 11.7. The minimum Gasteiger partial charge on any atom is -0.452 e. The first-order valence-corrected chi connectivity index (χ1v) is 8.12. The van der Waals surface area contributed by atoms with Gasteiger partial charge in [-0.15, -0.1) is 0 Å². The Bertz CT molecular complexity index is 809. The number of amides is 1. The van der Waals surface area contributed by atoms with Crippen LogP contribution in [0.2, 0.25) is 0 Å². The molecular formula is C19H23FN2O3. The highest BCUT2D eigenvalue weighted by molar-refractivity contribution is 5.96. The van der Waals surface area contributed by atoms with Gasteiger partial charge in [-0.2, -0.15) is 0 Å². The fourth-order valence-electron chi connectivity index (χ4n) is 2.85. The molecule has 2 aromatic rings. The van der Waals surface area contributed by atoms with Crippen molar-refractivity contribution in [2.24, 2.45) is 0 Å². The summed E-state index contributed by atoms with van der Waals surface area (Å²) in [4.78, 5) is 24.1. The van der Waals surface area contributed by atoms with Gasteiger partial charge in [0.2, 0.25) is 0 Å². The Hall–Kier alpha value is -2.63. The van der Waals surface area contributed by atoms with E-state index in [2.05, 4.69) is 5.32 Å². The molecule has 1 aromatic heterocycles. The SMILES string of the molecule is Cc1ccc(NC(=O)COC(=O)c2cc(C)n(C(C)C)c2C)cc1F. The number of hydrogen-bond acceptors (Lipinski definition) is 3. The Morgan fingerprint density at radius 3 is 2.44 bits per heavy atom. The molecule has 0 fully saturated rings. The molecule has 1 N–H and O–H groups in total. The number of aryl methyl sites for hydroxylation is 2. The van der Waals surface area contributed by atoms with E-state index in [-0.39, 0.29) is 6.04 Å². The van der Waals surface area contributed by atoms with Gasteiger partial charge in [0.25, 0.3) is 5.91 Å². The van der Waals surface area contributed by atoms with Crippen molar-refractivity contribution in [3.05, 3.63) is 52.6 Å². The molecule has 1 amide bonds. The molecule has 0 aliphatic heterocycles. The molecule has 6 heteroatoms. The monoisotopic (exact) mass is 346 g/mol. The first-order valence-electron chi connectivity index (χ1n) is 8.12. The van der Waals surface area contributed by atoms with Crippen LogP contribution in [-0.4, -0.2) is 23.1 Å². The summed E-state index contributed by atoms with van der Waals surface area (Å²) >= 11 is 0. The van der Waals surface area contributed by atoms with E-state index < -0.39 is 24.3 Å². The zero-order valence-electron chi connectivity index (χ0n) is 15.1. The maximum absolute atomic E-state index is 13.5. The number of nitrogens with zero attached hydrogens (tertiary/aromatic N) is 1. The third-order valence-corrected chi connectivity index (χ3v) is 4.01. The van der Waals surface area contributed by atoms with E-state index in [1.165, 1.54) is 6.07 Å². The lowest BCUT2D eigenvalue weighted by atomic mass is 10.2. The Morgan fingerprint density at radius 2 is 1.88 bits per heavy atom. The number of carbonyl (C=O) groups is 2. The van der Waals surface area contributed by atoms with Crippen LogP contribution >= 0.6 is 0 Å². The van der Waals surface area contributed by atoms with Gasteiger partial charge >= 0.3 is 5.97 Å². The van der Waals surface area contributed by atoms with Crippen molar-refractivity contribution in [2.45, 2.75) is 40.7 Å². The molecule has 0 unspecified atom stereocenters. The quantitative estimate of drug-likeness (QED) is 0.835. The third kappa shape index (κ3) is 4.26. The number of hydrogen-bond donors (Lipinski definition) is 1. The summed E-state index contributed by atoms with van der Waals surface area (Å²) in [7, 11) is 0. The number of halogens is 1. The molecule has 0 saturated heterocycles. The predicted octanol–water partition coefficient (Wildman–Crippen LogP) is 3.93. The molecule has 1 heterocycles. The summed E-state index contributed by atoms with van der Waals surface area (Å²) in [6.07, 6.45) is 0. The zero-order chi connectivity index (χ0) is 18.7. The van der Waals surface area contributed by atoms with Gasteiger partial charge in [0, 0.05) is 23.1 Å². The number of benzene rings is 1. The van der Waals surface area contributed by atoms with Crippen molar-refractivity contribution in [3.8, 4) is 0 Å². The highest BCUT2D eigenvalue weighted by Crippen LogP contribution is 2.21. The van der Waals surface area contributed by atoms with Gasteiger partial charge in [0.05, 0.1) is 5.56 Å². The Morgan fingerprint density at radius 1 is 1.20 bits per heavy atom. The predicted molar refractivity (Wildman–Crippen MR) is 94.3 cm³/mol. The lowest BCUT2D eigenvalue weighted by Gasteiger charge is -2.13. The highest BCUT2D eigenvalue weighted by Gasteiger charge is 2.19. The largest absolute Gasteiger partial charge is 0.452 e. The summed E-state index contributed by atoms with van der Waals surface area (Å²) in [5.41, 5.74) is 3.02. The number of anilines is 1. The lowest BCUT2D eigenvalue weighted by molar-refractivity contribution is -0.119. The topological polar surface area (TPSA) is 60.3 Å². The van der Waals surface area contributed by atoms with Crippen molar-refractivity contribution in [1.82, 2.24) is 4.57 Å². The van der Waals surface area contributed by atoms with Crippen molar-refractivity contribution < 1.29 is 18.7 Å². The normalized spacial score (nSPS) is 10.8. The fourth-order valence-corrected chi connectivity index (χ4v) is 2.85. The fraction of sp³-hybridized carbons (Fsp3) is 0.368. The minimum atomic E-state index is -0.551. The number of aromatic nitrogens is 1. The summed E-state index contributed by atoms with van der Waals surface area (Å²) in [6, 6.07) is 6.36. The van der Waals surface area contributed by atoms with E-state index in [1.807, 2.05) is 32.3 Å². The van der Waals surface area contributed by atoms with Crippen LogP contribution in [0.4, 0.5) is 10.1 Å². The molecule has 0 atom stereocenters. The van der Waals surface area contributed by atoms with Crippen LogP contribution in [0.5, 0.6) is 0 Å². The Labute approximate surface area is 146 Å². The number of rotatable bonds is 5. The summed E-state index contributed by atoms with van der Waals surface area (Å²) in [5, 5.41) is 2.50. The van der Waals surface area contributed by atoms with Crippen LogP contribution in [0, 0.1) is 26.6 Å². The van der Waals surface area contributed by atoms with E-state index in [9.17, 15) is 14.0 Å². The maximum atomic E-state index is 13.5. The molecular weight excluding hydrogens is 323 g/mol. The second-order valence-electron chi connectivity index (χ2n) is 6.34. The average Bonchev–Trinajstić information content (AvgIpc) is 2.83. The van der Waals surface area contributed by atoms with E-state index in [4.69, 9.17) is 4.74 Å². The van der Waals surface area contributed by atoms with E-state index in [1.54, 1.807) is 25.1 Å². The molecule has 5 nitrogen and oxygen atoms in total. The Kier molecular flexibility index (Phi) is 5.62. The average molecular weight is 346 g/mol. The molecule has 0 aliphatic rings. The molecule has 0 aliphatic carbocycles. The molecule has 0 bridgehead atoms. The number of esters is 1. The van der Waals surface area contributed by atoms with Crippen molar-refractivity contribution in [3.63, 3.8) is 0 Å². The standard InChI is InChI=1S/C19H23FN2O3/c1-11(2)22-13(4)8-16(14(22)5)19(24)25-10-18(23)21-15-7-6-12(3)17(20)9-15/h6-9,11H,10H2,1-5H3,(H,21,23). The van der Waals surface area contributed by atoms with Crippen LogP contribution in [0.25, 0.3) is 0 Å². The molecule has 1 aromatic carbocycles. The van der Waals surface area contributed by atoms with Gasteiger partial charge < -0.3 is 14.6 Å². The molecule has 25 heavy (non-hydrogen) atoms. The van der Waals surface area contributed by atoms with E-state index in [0.717, 1.165) is 11.4 Å². The van der Waals surface area contributed by atoms with E-state index >= 15 is 0 Å². The van der Waals surface area contributed by atoms with Gasteiger partial charge in [-0.05, 0) is 58.4 Å². The third-order valence-electron chi connectivity index (χ3n) is 4.01. The number of ether oxygens (including phenoxy) is 1. The Balaban J connectivity index is 1.99. The lowest BCUT2D eigenvalue weighted by Crippen LogP contribution is -2.21. The van der Waals surface area contributed by atoms with Crippen LogP contribution in [0.15, 0.2) is 24.3 Å². The van der Waals surface area contributed by atoms with Gasteiger partial charge in [0.1, 0.15) is 5.82 Å². The second kappa shape index (κ2) is 7.51. The number of nitrogens with one attached hydrogen (secondary N) is 1. The molecule has 0 saturated carbocycles. The van der Waals surface area contributed by atoms with Gasteiger partial charge in [0.15, 0.2) is 6.61 Å². The zero-order valence-corrected chi connectivity index (χ0v) is 15.1. The summed E-state index contributed by atoms with van der Waals surface area (Å²) in [6.45, 7) is 9.03. The van der Waals surface area contributed by atoms with Crippen LogP contribution < -0.4 is 5.32 Å².